The van der Waals surface area contributed by atoms with Crippen molar-refractivity contribution in [3.05, 3.63) is 35.6 Å². The fourth-order valence-corrected chi connectivity index (χ4v) is 3.47. The quantitative estimate of drug-likeness (QED) is 0.740. The number of aliphatic imine (C=N–C) groups is 1. The standard InChI is InChI=1S/C18H21ClN6O2/c19-14-2-1-11(7-15(14)23-17(26)16-10-27-18(20)24-16)12-8-22-25(9-12)13-3-5-21-6-4-13/h1-2,7-9,13,16,21H,3-6,10H2,(H2,20,24)(H,23,26). The number of nitrogens with one attached hydrogen (secondary N) is 2. The smallest absolute Gasteiger partial charge is 0.282 e. The number of piperidine rings is 1. The van der Waals surface area contributed by atoms with E-state index in [1.165, 1.54) is 0 Å². The van der Waals surface area contributed by atoms with Crippen LogP contribution in [0.2, 0.25) is 5.02 Å². The zero-order valence-electron chi connectivity index (χ0n) is 14.7. The lowest BCUT2D eigenvalue weighted by molar-refractivity contribution is -0.117. The second-order valence-electron chi connectivity index (χ2n) is 6.67. The Morgan fingerprint density at radius 3 is 2.89 bits per heavy atom. The van der Waals surface area contributed by atoms with Crippen molar-refractivity contribution in [1.29, 1.82) is 0 Å². The summed E-state index contributed by atoms with van der Waals surface area (Å²) < 4.78 is 7.05. The van der Waals surface area contributed by atoms with Gasteiger partial charge in [-0.2, -0.15) is 5.10 Å². The molecule has 1 saturated heterocycles. The molecule has 2 aliphatic heterocycles. The molecule has 0 radical (unpaired) electrons. The van der Waals surface area contributed by atoms with Crippen molar-refractivity contribution in [1.82, 2.24) is 15.1 Å². The Labute approximate surface area is 161 Å². The van der Waals surface area contributed by atoms with Crippen molar-refractivity contribution in [2.24, 2.45) is 10.7 Å². The third-order valence-corrected chi connectivity index (χ3v) is 5.15. The Kier molecular flexibility index (Phi) is 5.00. The SMILES string of the molecule is NC1=NC(C(=O)Nc2cc(-c3cnn(C4CCNCC4)c3)ccc2Cl)CO1. The number of aromatic nitrogens is 2. The average Bonchev–Trinajstić information content (AvgIpc) is 3.34. The fraction of sp³-hybridized carbons (Fsp3) is 0.389. The van der Waals surface area contributed by atoms with E-state index in [1.54, 1.807) is 6.07 Å². The summed E-state index contributed by atoms with van der Waals surface area (Å²) in [6.07, 6.45) is 6.01. The van der Waals surface area contributed by atoms with Crippen LogP contribution in [-0.2, 0) is 9.53 Å². The molecule has 2 aromatic rings. The van der Waals surface area contributed by atoms with Crippen molar-refractivity contribution in [2.45, 2.75) is 24.9 Å². The van der Waals surface area contributed by atoms with E-state index >= 15 is 0 Å². The highest BCUT2D eigenvalue weighted by molar-refractivity contribution is 6.33. The Balaban J connectivity index is 1.52. The highest BCUT2D eigenvalue weighted by Crippen LogP contribution is 2.30. The Morgan fingerprint density at radius 2 is 2.15 bits per heavy atom. The van der Waals surface area contributed by atoms with Gasteiger partial charge in [-0.3, -0.25) is 9.48 Å². The number of nitrogens with zero attached hydrogens (tertiary/aromatic N) is 3. The number of rotatable bonds is 4. The first kappa shape index (κ1) is 17.8. The van der Waals surface area contributed by atoms with Gasteiger partial charge in [0, 0.05) is 11.8 Å². The van der Waals surface area contributed by atoms with Gasteiger partial charge in [0.25, 0.3) is 11.9 Å². The minimum Gasteiger partial charge on any atom is -0.463 e. The van der Waals surface area contributed by atoms with Gasteiger partial charge in [-0.05, 0) is 43.6 Å². The number of halogens is 1. The van der Waals surface area contributed by atoms with Gasteiger partial charge in [-0.1, -0.05) is 17.7 Å². The number of nitrogens with two attached hydrogens (primary N) is 1. The van der Waals surface area contributed by atoms with Gasteiger partial charge >= 0.3 is 0 Å². The third-order valence-electron chi connectivity index (χ3n) is 4.82. The number of amidine groups is 1. The number of amides is 1. The van der Waals surface area contributed by atoms with Crippen LogP contribution in [-0.4, -0.2) is 47.4 Å². The first-order valence-corrected chi connectivity index (χ1v) is 9.29. The molecule has 1 atom stereocenters. The summed E-state index contributed by atoms with van der Waals surface area (Å²) in [4.78, 5) is 16.3. The normalized spacial score (nSPS) is 20.2. The summed E-state index contributed by atoms with van der Waals surface area (Å²) >= 11 is 6.26. The molecule has 1 aromatic heterocycles. The van der Waals surface area contributed by atoms with Gasteiger partial charge < -0.3 is 21.1 Å². The molecule has 3 heterocycles. The van der Waals surface area contributed by atoms with E-state index in [1.807, 2.05) is 29.2 Å². The summed E-state index contributed by atoms with van der Waals surface area (Å²) in [6, 6.07) is 5.30. The summed E-state index contributed by atoms with van der Waals surface area (Å²) in [5, 5.41) is 11.1. The van der Waals surface area contributed by atoms with Crippen molar-refractivity contribution in [3.63, 3.8) is 0 Å². The molecule has 1 fully saturated rings. The second kappa shape index (κ2) is 7.58. The topological polar surface area (TPSA) is 107 Å². The zero-order valence-corrected chi connectivity index (χ0v) is 15.4. The van der Waals surface area contributed by atoms with Crippen molar-refractivity contribution < 1.29 is 9.53 Å². The van der Waals surface area contributed by atoms with Crippen LogP contribution in [0.4, 0.5) is 5.69 Å². The number of carbonyl (C=O) groups is 1. The van der Waals surface area contributed by atoms with Crippen LogP contribution >= 0.6 is 11.6 Å². The Hall–Kier alpha value is -2.58. The van der Waals surface area contributed by atoms with Crippen LogP contribution in [0.1, 0.15) is 18.9 Å². The largest absolute Gasteiger partial charge is 0.463 e. The molecule has 1 amide bonds. The minimum atomic E-state index is -0.660. The number of hydrogen-bond donors (Lipinski definition) is 3. The Bertz CT molecular complexity index is 874. The molecular weight excluding hydrogens is 368 g/mol. The minimum absolute atomic E-state index is 0.0281. The van der Waals surface area contributed by atoms with Crippen LogP contribution < -0.4 is 16.4 Å². The van der Waals surface area contributed by atoms with E-state index < -0.39 is 6.04 Å². The van der Waals surface area contributed by atoms with Gasteiger partial charge in [-0.15, -0.1) is 0 Å². The third kappa shape index (κ3) is 3.91. The molecule has 9 heteroatoms. The van der Waals surface area contributed by atoms with E-state index in [2.05, 4.69) is 20.7 Å². The monoisotopic (exact) mass is 388 g/mol. The lowest BCUT2D eigenvalue weighted by Gasteiger charge is -2.22. The molecule has 4 rings (SSSR count). The number of benzene rings is 1. The lowest BCUT2D eigenvalue weighted by atomic mass is 10.1. The Morgan fingerprint density at radius 1 is 1.33 bits per heavy atom. The van der Waals surface area contributed by atoms with E-state index in [0.717, 1.165) is 37.1 Å². The van der Waals surface area contributed by atoms with Crippen molar-refractivity contribution >= 4 is 29.2 Å². The molecule has 142 valence electrons. The molecule has 8 nitrogen and oxygen atoms in total. The number of ether oxygens (including phenoxy) is 1. The lowest BCUT2D eigenvalue weighted by Crippen LogP contribution is -2.29. The summed E-state index contributed by atoms with van der Waals surface area (Å²) in [6.45, 7) is 2.15. The van der Waals surface area contributed by atoms with Gasteiger partial charge in [0.2, 0.25) is 0 Å². The van der Waals surface area contributed by atoms with Crippen LogP contribution in [0.15, 0.2) is 35.6 Å². The van der Waals surface area contributed by atoms with Crippen molar-refractivity contribution in [2.75, 3.05) is 25.0 Å². The van der Waals surface area contributed by atoms with Gasteiger partial charge in [0.15, 0.2) is 6.04 Å². The van der Waals surface area contributed by atoms with E-state index in [9.17, 15) is 4.79 Å². The summed E-state index contributed by atoms with van der Waals surface area (Å²) in [7, 11) is 0. The summed E-state index contributed by atoms with van der Waals surface area (Å²) in [5.41, 5.74) is 7.89. The maximum atomic E-state index is 12.3. The molecule has 1 aromatic carbocycles. The maximum Gasteiger partial charge on any atom is 0.282 e. The molecule has 4 N–H and O–H groups in total. The number of anilines is 1. The predicted molar refractivity (Wildman–Crippen MR) is 104 cm³/mol. The van der Waals surface area contributed by atoms with Crippen LogP contribution in [0.5, 0.6) is 0 Å². The molecule has 1 unspecified atom stereocenters. The molecule has 27 heavy (non-hydrogen) atoms. The maximum absolute atomic E-state index is 12.3. The van der Waals surface area contributed by atoms with E-state index in [-0.39, 0.29) is 18.5 Å². The highest BCUT2D eigenvalue weighted by Gasteiger charge is 2.25. The molecule has 0 bridgehead atoms. The zero-order chi connectivity index (χ0) is 18.8. The molecule has 0 spiro atoms. The second-order valence-corrected chi connectivity index (χ2v) is 7.08. The number of hydrogen-bond acceptors (Lipinski definition) is 6. The highest BCUT2D eigenvalue weighted by atomic mass is 35.5. The van der Waals surface area contributed by atoms with Gasteiger partial charge in [0.05, 0.1) is 22.9 Å². The molecular formula is C18H21ClN6O2. The fourth-order valence-electron chi connectivity index (χ4n) is 3.30. The molecule has 0 saturated carbocycles. The summed E-state index contributed by atoms with van der Waals surface area (Å²) in [5.74, 6) is -0.306. The van der Waals surface area contributed by atoms with Crippen LogP contribution in [0.3, 0.4) is 0 Å². The number of carbonyl (C=O) groups excluding carboxylic acids is 1. The van der Waals surface area contributed by atoms with Gasteiger partial charge in [-0.25, -0.2) is 4.99 Å². The van der Waals surface area contributed by atoms with Crippen LogP contribution in [0.25, 0.3) is 11.1 Å². The van der Waals surface area contributed by atoms with Crippen molar-refractivity contribution in [3.8, 4) is 11.1 Å². The van der Waals surface area contributed by atoms with Crippen LogP contribution in [0, 0.1) is 0 Å². The van der Waals surface area contributed by atoms with E-state index in [4.69, 9.17) is 22.1 Å². The first-order chi connectivity index (χ1) is 13.1. The van der Waals surface area contributed by atoms with Gasteiger partial charge in [0.1, 0.15) is 6.61 Å². The molecule has 2 aliphatic rings. The average molecular weight is 389 g/mol. The predicted octanol–water partition coefficient (Wildman–Crippen LogP) is 1.78. The van der Waals surface area contributed by atoms with E-state index in [0.29, 0.717) is 16.8 Å². The first-order valence-electron chi connectivity index (χ1n) is 8.92. The molecule has 0 aliphatic carbocycles.